The van der Waals surface area contributed by atoms with Gasteiger partial charge in [-0.3, -0.25) is 19.5 Å². The molecular formula is C30H40N8O2. The highest BCUT2D eigenvalue weighted by Crippen LogP contribution is 2.27. The Morgan fingerprint density at radius 2 is 1.80 bits per heavy atom. The van der Waals surface area contributed by atoms with Gasteiger partial charge in [-0.15, -0.1) is 0 Å². The minimum absolute atomic E-state index is 0.0102. The van der Waals surface area contributed by atoms with Crippen LogP contribution in [-0.2, 0) is 23.2 Å². The fourth-order valence-electron chi connectivity index (χ4n) is 4.50. The first-order valence-corrected chi connectivity index (χ1v) is 13.7. The zero-order valence-corrected chi connectivity index (χ0v) is 24.3. The van der Waals surface area contributed by atoms with Crippen LogP contribution in [0.25, 0.3) is 0 Å². The number of nitrogens with zero attached hydrogens (tertiary/aromatic N) is 4. The van der Waals surface area contributed by atoms with Crippen molar-refractivity contribution in [3.63, 3.8) is 0 Å². The van der Waals surface area contributed by atoms with Crippen LogP contribution >= 0.6 is 0 Å². The maximum absolute atomic E-state index is 13.0. The van der Waals surface area contributed by atoms with E-state index < -0.39 is 0 Å². The fraction of sp³-hybridized carbons (Fsp3) is 0.433. The van der Waals surface area contributed by atoms with Gasteiger partial charge in [0, 0.05) is 74.0 Å². The van der Waals surface area contributed by atoms with Crippen LogP contribution in [-0.4, -0.2) is 57.3 Å². The fourth-order valence-corrected chi connectivity index (χ4v) is 4.50. The van der Waals surface area contributed by atoms with E-state index in [1.807, 2.05) is 32.0 Å². The van der Waals surface area contributed by atoms with Crippen molar-refractivity contribution in [1.29, 1.82) is 0 Å². The Balaban J connectivity index is 1.56. The van der Waals surface area contributed by atoms with Crippen LogP contribution in [0.4, 0.5) is 23.1 Å². The monoisotopic (exact) mass is 544 g/mol. The van der Waals surface area contributed by atoms with Crippen LogP contribution in [0.5, 0.6) is 0 Å². The summed E-state index contributed by atoms with van der Waals surface area (Å²) < 4.78 is 0. The third-order valence-corrected chi connectivity index (χ3v) is 6.60. The number of amides is 2. The van der Waals surface area contributed by atoms with E-state index in [2.05, 4.69) is 69.0 Å². The van der Waals surface area contributed by atoms with Gasteiger partial charge in [0.15, 0.2) is 0 Å². The molecule has 0 spiro atoms. The molecule has 10 heteroatoms. The first-order chi connectivity index (χ1) is 19.0. The molecule has 2 amide bonds. The number of hydrogen-bond donors (Lipinski definition) is 4. The number of carbonyl (C=O) groups excluding carboxylic acids is 2. The van der Waals surface area contributed by atoms with Crippen molar-refractivity contribution < 1.29 is 9.59 Å². The van der Waals surface area contributed by atoms with Gasteiger partial charge in [0.2, 0.25) is 11.9 Å². The average molecular weight is 545 g/mol. The predicted molar refractivity (Wildman–Crippen MR) is 158 cm³/mol. The van der Waals surface area contributed by atoms with Crippen molar-refractivity contribution >= 4 is 35.0 Å². The minimum atomic E-state index is -0.248. The number of hydrogen-bond acceptors (Lipinski definition) is 8. The van der Waals surface area contributed by atoms with Crippen molar-refractivity contribution in [2.24, 2.45) is 0 Å². The summed E-state index contributed by atoms with van der Waals surface area (Å²) in [6.45, 7) is 14.9. The van der Waals surface area contributed by atoms with E-state index in [-0.39, 0.29) is 23.3 Å². The number of carbonyl (C=O) groups is 2. The highest BCUT2D eigenvalue weighted by atomic mass is 16.2. The lowest BCUT2D eigenvalue weighted by Crippen LogP contribution is -2.37. The third kappa shape index (κ3) is 7.75. The first kappa shape index (κ1) is 28.9. The van der Waals surface area contributed by atoms with Crippen molar-refractivity contribution in [2.75, 3.05) is 30.3 Å². The minimum Gasteiger partial charge on any atom is -0.355 e. The molecule has 1 aliphatic heterocycles. The molecule has 212 valence electrons. The Morgan fingerprint density at radius 1 is 1.02 bits per heavy atom. The summed E-state index contributed by atoms with van der Waals surface area (Å²) in [4.78, 5) is 40.2. The first-order valence-electron chi connectivity index (χ1n) is 13.7. The topological polar surface area (TPSA) is 124 Å². The lowest BCUT2D eigenvalue weighted by molar-refractivity contribution is -0.119. The van der Waals surface area contributed by atoms with E-state index in [0.29, 0.717) is 23.9 Å². The van der Waals surface area contributed by atoms with E-state index in [0.717, 1.165) is 43.1 Å². The number of aromatic nitrogens is 3. The van der Waals surface area contributed by atoms with Crippen molar-refractivity contribution in [3.8, 4) is 0 Å². The Hall–Kier alpha value is -4.05. The summed E-state index contributed by atoms with van der Waals surface area (Å²) in [6.07, 6.45) is 4.26. The van der Waals surface area contributed by atoms with Crippen LogP contribution in [0.2, 0.25) is 0 Å². The molecule has 0 radical (unpaired) electrons. The smallest absolute Gasteiger partial charge is 0.256 e. The molecule has 3 heterocycles. The molecule has 1 aromatic carbocycles. The van der Waals surface area contributed by atoms with Gasteiger partial charge in [0.05, 0.1) is 0 Å². The molecule has 0 saturated heterocycles. The lowest BCUT2D eigenvalue weighted by Gasteiger charge is -2.29. The molecule has 0 fully saturated rings. The van der Waals surface area contributed by atoms with Crippen molar-refractivity contribution in [3.05, 3.63) is 65.1 Å². The number of rotatable bonds is 9. The largest absolute Gasteiger partial charge is 0.355 e. The van der Waals surface area contributed by atoms with E-state index in [4.69, 9.17) is 4.98 Å². The van der Waals surface area contributed by atoms with Gasteiger partial charge in [-0.25, -0.2) is 4.98 Å². The van der Waals surface area contributed by atoms with Gasteiger partial charge in [-0.1, -0.05) is 26.8 Å². The normalized spacial score (nSPS) is 13.5. The summed E-state index contributed by atoms with van der Waals surface area (Å²) in [7, 11) is 0. The average Bonchev–Trinajstić information content (AvgIpc) is 2.88. The number of fused-ring (bicyclic) bond motifs is 1. The molecule has 10 nitrogen and oxygen atoms in total. The number of nitrogens with one attached hydrogen (secondary N) is 4. The van der Waals surface area contributed by atoms with Gasteiger partial charge in [0.1, 0.15) is 11.4 Å². The Labute approximate surface area is 236 Å². The zero-order chi connectivity index (χ0) is 28.9. The SMILES string of the molecule is CC(=O)NCCN1CCc2ccc(Nc3ncc(C(=O)NC(C)C)c(Nc4ccnc(C(C)(C)C)c4)n3)cc2C1. The maximum atomic E-state index is 13.0. The Bertz CT molecular complexity index is 1370. The molecule has 4 rings (SSSR count). The van der Waals surface area contributed by atoms with Crippen LogP contribution in [0.1, 0.15) is 68.7 Å². The number of anilines is 4. The molecular weight excluding hydrogens is 504 g/mol. The van der Waals surface area contributed by atoms with Gasteiger partial charge >= 0.3 is 0 Å². The van der Waals surface area contributed by atoms with E-state index in [1.165, 1.54) is 18.1 Å². The molecule has 0 bridgehead atoms. The van der Waals surface area contributed by atoms with Crippen LogP contribution in [0.3, 0.4) is 0 Å². The van der Waals surface area contributed by atoms with Gasteiger partial charge in [0.25, 0.3) is 5.91 Å². The summed E-state index contributed by atoms with van der Waals surface area (Å²) in [5.74, 6) is 0.530. The predicted octanol–water partition coefficient (Wildman–Crippen LogP) is 4.29. The van der Waals surface area contributed by atoms with Gasteiger partial charge < -0.3 is 21.3 Å². The highest BCUT2D eigenvalue weighted by Gasteiger charge is 2.20. The van der Waals surface area contributed by atoms with Crippen molar-refractivity contribution in [2.45, 2.75) is 66.0 Å². The quantitative estimate of drug-likeness (QED) is 0.315. The molecule has 0 aliphatic carbocycles. The molecule has 0 saturated carbocycles. The summed E-state index contributed by atoms with van der Waals surface area (Å²) in [6, 6.07) is 10.1. The highest BCUT2D eigenvalue weighted by molar-refractivity contribution is 5.99. The van der Waals surface area contributed by atoms with Crippen LogP contribution in [0.15, 0.2) is 42.7 Å². The molecule has 0 unspecified atom stereocenters. The second-order valence-corrected chi connectivity index (χ2v) is 11.5. The standard InChI is InChI=1S/C30H40N8O2/c1-19(2)34-28(40)25-17-33-29(37-27(25)35-24-9-11-32-26(16-24)30(4,5)6)36-23-8-7-21-10-13-38(18-22(21)15-23)14-12-31-20(3)39/h7-9,11,15-17,19H,10,12-14,18H2,1-6H3,(H,31,39)(H,34,40)(H2,32,33,35,36,37). The molecule has 3 aromatic rings. The number of pyridine rings is 1. The zero-order valence-electron chi connectivity index (χ0n) is 24.3. The van der Waals surface area contributed by atoms with E-state index in [9.17, 15) is 9.59 Å². The third-order valence-electron chi connectivity index (χ3n) is 6.60. The molecule has 1 aliphatic rings. The van der Waals surface area contributed by atoms with E-state index in [1.54, 1.807) is 12.4 Å². The Kier molecular flexibility index (Phi) is 8.99. The molecule has 0 atom stereocenters. The maximum Gasteiger partial charge on any atom is 0.256 e. The summed E-state index contributed by atoms with van der Waals surface area (Å²) in [5, 5.41) is 12.4. The lowest BCUT2D eigenvalue weighted by atomic mass is 9.91. The molecule has 4 N–H and O–H groups in total. The summed E-state index contributed by atoms with van der Waals surface area (Å²) in [5.41, 5.74) is 5.37. The van der Waals surface area contributed by atoms with Gasteiger partial charge in [-0.05, 0) is 55.7 Å². The second-order valence-electron chi connectivity index (χ2n) is 11.5. The summed E-state index contributed by atoms with van der Waals surface area (Å²) >= 11 is 0. The molecule has 2 aromatic heterocycles. The van der Waals surface area contributed by atoms with Gasteiger partial charge in [-0.2, -0.15) is 4.98 Å². The second kappa shape index (κ2) is 12.4. The Morgan fingerprint density at radius 3 is 2.52 bits per heavy atom. The van der Waals surface area contributed by atoms with E-state index >= 15 is 0 Å². The number of benzene rings is 1. The van der Waals surface area contributed by atoms with Crippen LogP contribution in [0, 0.1) is 0 Å². The molecule has 40 heavy (non-hydrogen) atoms. The van der Waals surface area contributed by atoms with Crippen LogP contribution < -0.4 is 21.3 Å². The van der Waals surface area contributed by atoms with Crippen molar-refractivity contribution in [1.82, 2.24) is 30.5 Å².